The quantitative estimate of drug-likeness (QED) is 0.735. The summed E-state index contributed by atoms with van der Waals surface area (Å²) in [6, 6.07) is 6.29. The van der Waals surface area contributed by atoms with Crippen molar-refractivity contribution in [2.75, 3.05) is 7.05 Å². The average molecular weight is 234 g/mol. The van der Waals surface area contributed by atoms with Gasteiger partial charge < -0.3 is 10.4 Å². The molecule has 0 aromatic heterocycles. The van der Waals surface area contributed by atoms with Crippen LogP contribution in [0.3, 0.4) is 0 Å². The molecule has 0 aliphatic carbocycles. The van der Waals surface area contributed by atoms with Gasteiger partial charge in [-0.05, 0) is 17.7 Å². The summed E-state index contributed by atoms with van der Waals surface area (Å²) >= 11 is 0. The van der Waals surface area contributed by atoms with Crippen LogP contribution in [-0.2, 0) is 16.1 Å². The summed E-state index contributed by atoms with van der Waals surface area (Å²) < 4.78 is 0. The summed E-state index contributed by atoms with van der Waals surface area (Å²) in [4.78, 5) is 24.0. The van der Waals surface area contributed by atoms with Crippen LogP contribution in [0.15, 0.2) is 24.3 Å². The van der Waals surface area contributed by atoms with Crippen LogP contribution in [0.2, 0.25) is 0 Å². The van der Waals surface area contributed by atoms with Gasteiger partial charge in [0.15, 0.2) is 0 Å². The zero-order valence-corrected chi connectivity index (χ0v) is 9.51. The zero-order valence-electron chi connectivity index (χ0n) is 9.51. The molecule has 17 heavy (non-hydrogen) atoms. The van der Waals surface area contributed by atoms with Gasteiger partial charge >= 0.3 is 0 Å². The Bertz CT molecular complexity index is 442. The fraction of sp³-hybridized carbons (Fsp3) is 0.333. The third-order valence-corrected chi connectivity index (χ3v) is 2.87. The minimum Gasteiger partial charge on any atom is -0.508 e. The lowest BCUT2D eigenvalue weighted by atomic mass is 10.2. The van der Waals surface area contributed by atoms with E-state index in [2.05, 4.69) is 5.32 Å². The van der Waals surface area contributed by atoms with Crippen LogP contribution in [0.4, 0.5) is 0 Å². The maximum atomic E-state index is 11.6. The molecule has 1 aliphatic rings. The Labute approximate surface area is 99.0 Å². The van der Waals surface area contributed by atoms with E-state index in [-0.39, 0.29) is 24.0 Å². The number of amides is 2. The molecule has 90 valence electrons. The lowest BCUT2D eigenvalue weighted by Crippen LogP contribution is -2.36. The Hall–Kier alpha value is -1.88. The van der Waals surface area contributed by atoms with Gasteiger partial charge in [-0.15, -0.1) is 0 Å². The number of hydrogen-bond acceptors (Lipinski definition) is 4. The second kappa shape index (κ2) is 4.55. The number of imide groups is 1. The summed E-state index contributed by atoms with van der Waals surface area (Å²) in [5.74, 6) is -0.132. The van der Waals surface area contributed by atoms with E-state index in [9.17, 15) is 9.59 Å². The molecule has 1 unspecified atom stereocenters. The van der Waals surface area contributed by atoms with Crippen LogP contribution >= 0.6 is 0 Å². The first-order chi connectivity index (χ1) is 8.08. The number of hydrogen-bond donors (Lipinski definition) is 2. The first-order valence-corrected chi connectivity index (χ1v) is 5.39. The minimum absolute atomic E-state index is 0.154. The van der Waals surface area contributed by atoms with Crippen LogP contribution in [0.1, 0.15) is 12.0 Å². The lowest BCUT2D eigenvalue weighted by Gasteiger charge is -2.10. The molecule has 1 aromatic rings. The lowest BCUT2D eigenvalue weighted by molar-refractivity contribution is -0.137. The Morgan fingerprint density at radius 2 is 2.00 bits per heavy atom. The van der Waals surface area contributed by atoms with Crippen LogP contribution in [0, 0.1) is 0 Å². The number of phenolic OH excluding ortho intramolecular Hbond substituents is 1. The van der Waals surface area contributed by atoms with E-state index >= 15 is 0 Å². The molecule has 2 N–H and O–H groups in total. The topological polar surface area (TPSA) is 69.6 Å². The highest BCUT2D eigenvalue weighted by Gasteiger charge is 2.35. The van der Waals surface area contributed by atoms with Crippen molar-refractivity contribution in [3.05, 3.63) is 29.8 Å². The highest BCUT2D eigenvalue weighted by molar-refractivity contribution is 6.05. The first kappa shape index (κ1) is 11.6. The highest BCUT2D eigenvalue weighted by Crippen LogP contribution is 2.13. The molecule has 5 nitrogen and oxygen atoms in total. The van der Waals surface area contributed by atoms with Gasteiger partial charge in [-0.1, -0.05) is 12.1 Å². The van der Waals surface area contributed by atoms with Crippen molar-refractivity contribution in [3.8, 4) is 5.75 Å². The van der Waals surface area contributed by atoms with Gasteiger partial charge in [-0.25, -0.2) is 0 Å². The number of carbonyl (C=O) groups excluding carboxylic acids is 2. The van der Waals surface area contributed by atoms with Gasteiger partial charge in [0.2, 0.25) is 11.8 Å². The normalized spacial score (nSPS) is 20.1. The molecule has 0 spiro atoms. The Balaban J connectivity index is 1.93. The molecule has 0 bridgehead atoms. The third-order valence-electron chi connectivity index (χ3n) is 2.87. The molecule has 1 atom stereocenters. The Kier molecular flexibility index (Phi) is 3.10. The molecule has 0 saturated carbocycles. The number of nitrogens with one attached hydrogen (secondary N) is 1. The van der Waals surface area contributed by atoms with Gasteiger partial charge in [0.1, 0.15) is 5.75 Å². The zero-order chi connectivity index (χ0) is 12.4. The van der Waals surface area contributed by atoms with E-state index in [0.717, 1.165) is 10.5 Å². The number of carbonyl (C=O) groups is 2. The number of rotatable bonds is 3. The molecule has 5 heteroatoms. The van der Waals surface area contributed by atoms with Crippen molar-refractivity contribution >= 4 is 11.8 Å². The fourth-order valence-corrected chi connectivity index (χ4v) is 1.77. The van der Waals surface area contributed by atoms with Crippen LogP contribution in [0.25, 0.3) is 0 Å². The molecular weight excluding hydrogens is 220 g/mol. The largest absolute Gasteiger partial charge is 0.508 e. The van der Waals surface area contributed by atoms with Crippen molar-refractivity contribution < 1.29 is 14.7 Å². The van der Waals surface area contributed by atoms with Gasteiger partial charge in [0, 0.05) is 13.6 Å². The number of nitrogens with zero attached hydrogens (tertiary/aromatic N) is 1. The van der Waals surface area contributed by atoms with Gasteiger partial charge in [0.25, 0.3) is 0 Å². The molecule has 1 aromatic carbocycles. The van der Waals surface area contributed by atoms with Crippen LogP contribution in [-0.4, -0.2) is 34.9 Å². The van der Waals surface area contributed by atoms with Crippen LogP contribution < -0.4 is 5.32 Å². The Morgan fingerprint density at radius 1 is 1.35 bits per heavy atom. The second-order valence-corrected chi connectivity index (χ2v) is 4.10. The van der Waals surface area contributed by atoms with E-state index in [1.165, 1.54) is 7.05 Å². The van der Waals surface area contributed by atoms with Crippen molar-refractivity contribution in [1.29, 1.82) is 0 Å². The van der Waals surface area contributed by atoms with E-state index in [1.807, 2.05) is 0 Å². The molecule has 1 heterocycles. The second-order valence-electron chi connectivity index (χ2n) is 4.10. The van der Waals surface area contributed by atoms with E-state index < -0.39 is 6.04 Å². The molecule has 2 amide bonds. The molecule has 1 fully saturated rings. The van der Waals surface area contributed by atoms with Crippen molar-refractivity contribution in [2.24, 2.45) is 0 Å². The minimum atomic E-state index is -0.429. The first-order valence-electron chi connectivity index (χ1n) is 5.39. The number of benzene rings is 1. The molecule has 0 radical (unpaired) electrons. The number of likely N-dealkylation sites (N-methyl/N-ethyl adjacent to an activating group) is 1. The predicted molar refractivity (Wildman–Crippen MR) is 61.1 cm³/mol. The fourth-order valence-electron chi connectivity index (χ4n) is 1.77. The standard InChI is InChI=1S/C12H14N2O3/c1-14-11(16)6-10(12(14)17)13-7-8-2-4-9(15)5-3-8/h2-5,10,13,15H,6-7H2,1H3. The number of aromatic hydroxyl groups is 1. The SMILES string of the molecule is CN1C(=O)CC(NCc2ccc(O)cc2)C1=O. The van der Waals surface area contributed by atoms with Crippen molar-refractivity contribution in [1.82, 2.24) is 10.2 Å². The molecule has 2 rings (SSSR count). The Morgan fingerprint density at radius 3 is 2.53 bits per heavy atom. The van der Waals surface area contributed by atoms with Crippen molar-refractivity contribution in [3.63, 3.8) is 0 Å². The summed E-state index contributed by atoms with van der Waals surface area (Å²) in [7, 11) is 1.49. The summed E-state index contributed by atoms with van der Waals surface area (Å²) in [6.45, 7) is 0.498. The monoisotopic (exact) mass is 234 g/mol. The highest BCUT2D eigenvalue weighted by atomic mass is 16.3. The average Bonchev–Trinajstić information content (AvgIpc) is 2.56. The smallest absolute Gasteiger partial charge is 0.246 e. The van der Waals surface area contributed by atoms with Crippen molar-refractivity contribution in [2.45, 2.75) is 19.0 Å². The van der Waals surface area contributed by atoms with Gasteiger partial charge in [-0.2, -0.15) is 0 Å². The van der Waals surface area contributed by atoms with Gasteiger partial charge in [-0.3, -0.25) is 14.5 Å². The molecular formula is C12H14N2O3. The van der Waals surface area contributed by atoms with E-state index in [1.54, 1.807) is 24.3 Å². The van der Waals surface area contributed by atoms with Crippen LogP contribution in [0.5, 0.6) is 5.75 Å². The summed E-state index contributed by atoms with van der Waals surface area (Å²) in [6.07, 6.45) is 0.216. The maximum absolute atomic E-state index is 11.6. The number of phenols is 1. The van der Waals surface area contributed by atoms with Gasteiger partial charge in [0.05, 0.1) is 12.5 Å². The molecule has 1 saturated heterocycles. The third kappa shape index (κ3) is 2.45. The maximum Gasteiger partial charge on any atom is 0.246 e. The summed E-state index contributed by atoms with van der Waals surface area (Å²) in [5.41, 5.74) is 0.956. The number of likely N-dealkylation sites (tertiary alicyclic amines) is 1. The predicted octanol–water partition coefficient (Wildman–Crippen LogP) is 0.239. The van der Waals surface area contributed by atoms with E-state index in [0.29, 0.717) is 6.54 Å². The summed E-state index contributed by atoms with van der Waals surface area (Å²) in [5, 5.41) is 12.2. The molecule has 1 aliphatic heterocycles. The van der Waals surface area contributed by atoms with E-state index in [4.69, 9.17) is 5.11 Å².